The molecule has 1 aliphatic rings. The van der Waals surface area contributed by atoms with Crippen molar-refractivity contribution in [3.05, 3.63) is 71.3 Å². The SMILES string of the molecule is CCOC1=C(C)C(c2ccccc2)Oc2ccccc21. The third-order valence-corrected chi connectivity index (χ3v) is 3.52. The Kier molecular flexibility index (Phi) is 3.46. The smallest absolute Gasteiger partial charge is 0.148 e. The van der Waals surface area contributed by atoms with Gasteiger partial charge in [0.25, 0.3) is 0 Å². The van der Waals surface area contributed by atoms with E-state index in [9.17, 15) is 0 Å². The van der Waals surface area contributed by atoms with Crippen molar-refractivity contribution in [2.24, 2.45) is 0 Å². The highest BCUT2D eigenvalue weighted by Gasteiger charge is 2.27. The van der Waals surface area contributed by atoms with E-state index in [0.29, 0.717) is 6.61 Å². The predicted molar refractivity (Wildman–Crippen MR) is 80.5 cm³/mol. The monoisotopic (exact) mass is 266 g/mol. The molecule has 1 unspecified atom stereocenters. The van der Waals surface area contributed by atoms with Crippen LogP contribution in [-0.2, 0) is 4.74 Å². The van der Waals surface area contributed by atoms with E-state index in [2.05, 4.69) is 19.1 Å². The number of ether oxygens (including phenoxy) is 2. The van der Waals surface area contributed by atoms with Crippen LogP contribution in [-0.4, -0.2) is 6.61 Å². The van der Waals surface area contributed by atoms with Crippen molar-refractivity contribution in [2.75, 3.05) is 6.61 Å². The van der Waals surface area contributed by atoms with Crippen molar-refractivity contribution in [2.45, 2.75) is 20.0 Å². The van der Waals surface area contributed by atoms with Crippen LogP contribution in [0, 0.1) is 0 Å². The number of rotatable bonds is 3. The predicted octanol–water partition coefficient (Wildman–Crippen LogP) is 4.59. The molecule has 0 saturated carbocycles. The quantitative estimate of drug-likeness (QED) is 0.809. The van der Waals surface area contributed by atoms with Gasteiger partial charge in [0, 0.05) is 5.57 Å². The Morgan fingerprint density at radius 3 is 2.45 bits per heavy atom. The number of para-hydroxylation sites is 1. The molecule has 0 spiro atoms. The molecule has 1 aliphatic heterocycles. The van der Waals surface area contributed by atoms with E-state index in [1.165, 1.54) is 0 Å². The summed E-state index contributed by atoms with van der Waals surface area (Å²) in [5.74, 6) is 1.83. The first-order valence-electron chi connectivity index (χ1n) is 6.96. The van der Waals surface area contributed by atoms with Gasteiger partial charge in [-0.25, -0.2) is 0 Å². The summed E-state index contributed by atoms with van der Waals surface area (Å²) in [6, 6.07) is 18.3. The summed E-state index contributed by atoms with van der Waals surface area (Å²) < 4.78 is 12.0. The topological polar surface area (TPSA) is 18.5 Å². The molecule has 3 rings (SSSR count). The molecule has 2 heteroatoms. The fourth-order valence-electron chi connectivity index (χ4n) is 2.59. The van der Waals surface area contributed by atoms with Crippen molar-refractivity contribution >= 4 is 5.76 Å². The van der Waals surface area contributed by atoms with E-state index in [1.54, 1.807) is 0 Å². The van der Waals surface area contributed by atoms with Crippen LogP contribution in [0.15, 0.2) is 60.2 Å². The molecule has 1 heterocycles. The van der Waals surface area contributed by atoms with E-state index in [1.807, 2.05) is 49.4 Å². The second kappa shape index (κ2) is 5.41. The summed E-state index contributed by atoms with van der Waals surface area (Å²) in [5, 5.41) is 0. The minimum absolute atomic E-state index is 0.0762. The van der Waals surface area contributed by atoms with E-state index >= 15 is 0 Å². The highest BCUT2D eigenvalue weighted by atomic mass is 16.5. The van der Waals surface area contributed by atoms with Gasteiger partial charge in [-0.1, -0.05) is 42.5 Å². The standard InChI is InChI=1S/C18H18O2/c1-3-19-18-13(2)17(14-9-5-4-6-10-14)20-16-12-8-7-11-15(16)18/h4-12,17H,3H2,1-2H3. The Morgan fingerprint density at radius 2 is 1.70 bits per heavy atom. The summed E-state index contributed by atoms with van der Waals surface area (Å²) in [6.45, 7) is 4.75. The van der Waals surface area contributed by atoms with Crippen LogP contribution < -0.4 is 4.74 Å². The highest BCUT2D eigenvalue weighted by molar-refractivity contribution is 5.71. The van der Waals surface area contributed by atoms with Gasteiger partial charge in [0.05, 0.1) is 12.2 Å². The average molecular weight is 266 g/mol. The number of hydrogen-bond acceptors (Lipinski definition) is 2. The Hall–Kier alpha value is -2.22. The lowest BCUT2D eigenvalue weighted by atomic mass is 9.96. The lowest BCUT2D eigenvalue weighted by molar-refractivity contribution is 0.215. The molecule has 2 nitrogen and oxygen atoms in total. The second-order valence-corrected chi connectivity index (χ2v) is 4.85. The number of fused-ring (bicyclic) bond motifs is 1. The molecule has 0 aromatic heterocycles. The molecule has 0 bridgehead atoms. The normalized spacial score (nSPS) is 17.4. The maximum absolute atomic E-state index is 6.17. The Morgan fingerprint density at radius 1 is 1.00 bits per heavy atom. The summed E-state index contributed by atoms with van der Waals surface area (Å²) in [4.78, 5) is 0. The molecular weight excluding hydrogens is 248 g/mol. The van der Waals surface area contributed by atoms with Crippen LogP contribution in [0.1, 0.15) is 31.1 Å². The Bertz CT molecular complexity index is 629. The van der Waals surface area contributed by atoms with Gasteiger partial charge < -0.3 is 9.47 Å². The van der Waals surface area contributed by atoms with E-state index in [4.69, 9.17) is 9.47 Å². The third-order valence-electron chi connectivity index (χ3n) is 3.52. The summed E-state index contributed by atoms with van der Waals surface area (Å²) in [5.41, 5.74) is 3.31. The largest absolute Gasteiger partial charge is 0.493 e. The van der Waals surface area contributed by atoms with Gasteiger partial charge in [-0.15, -0.1) is 0 Å². The van der Waals surface area contributed by atoms with Crippen LogP contribution >= 0.6 is 0 Å². The van der Waals surface area contributed by atoms with Gasteiger partial charge in [0.1, 0.15) is 17.6 Å². The van der Waals surface area contributed by atoms with E-state index in [-0.39, 0.29) is 6.10 Å². The fraction of sp³-hybridized carbons (Fsp3) is 0.222. The fourth-order valence-corrected chi connectivity index (χ4v) is 2.59. The van der Waals surface area contributed by atoms with Gasteiger partial charge in [-0.3, -0.25) is 0 Å². The summed E-state index contributed by atoms with van der Waals surface area (Å²) in [7, 11) is 0. The maximum atomic E-state index is 6.17. The molecule has 2 aromatic rings. The Labute approximate surface area is 119 Å². The van der Waals surface area contributed by atoms with Crippen LogP contribution in [0.3, 0.4) is 0 Å². The van der Waals surface area contributed by atoms with Crippen molar-refractivity contribution < 1.29 is 9.47 Å². The summed E-state index contributed by atoms with van der Waals surface area (Å²) >= 11 is 0. The first kappa shape index (κ1) is 12.8. The maximum Gasteiger partial charge on any atom is 0.148 e. The van der Waals surface area contributed by atoms with Crippen molar-refractivity contribution in [1.82, 2.24) is 0 Å². The van der Waals surface area contributed by atoms with Gasteiger partial charge in [0.2, 0.25) is 0 Å². The van der Waals surface area contributed by atoms with Gasteiger partial charge in [0.15, 0.2) is 0 Å². The highest BCUT2D eigenvalue weighted by Crippen LogP contribution is 2.42. The van der Waals surface area contributed by atoms with E-state index < -0.39 is 0 Å². The minimum Gasteiger partial charge on any atom is -0.493 e. The van der Waals surface area contributed by atoms with Crippen molar-refractivity contribution in [3.8, 4) is 5.75 Å². The summed E-state index contributed by atoms with van der Waals surface area (Å²) in [6.07, 6.45) is -0.0762. The second-order valence-electron chi connectivity index (χ2n) is 4.85. The molecule has 0 amide bonds. The minimum atomic E-state index is -0.0762. The zero-order chi connectivity index (χ0) is 13.9. The molecule has 2 aromatic carbocycles. The van der Waals surface area contributed by atoms with Crippen LogP contribution in [0.5, 0.6) is 5.75 Å². The zero-order valence-corrected chi connectivity index (χ0v) is 11.8. The molecule has 1 atom stereocenters. The lowest BCUT2D eigenvalue weighted by Crippen LogP contribution is -2.17. The molecule has 102 valence electrons. The average Bonchev–Trinajstić information content (AvgIpc) is 2.51. The van der Waals surface area contributed by atoms with E-state index in [0.717, 1.165) is 28.2 Å². The first-order valence-corrected chi connectivity index (χ1v) is 6.96. The number of benzene rings is 2. The molecule has 20 heavy (non-hydrogen) atoms. The Balaban J connectivity index is 2.10. The van der Waals surface area contributed by atoms with Gasteiger partial charge >= 0.3 is 0 Å². The molecule has 0 N–H and O–H groups in total. The molecular formula is C18H18O2. The van der Waals surface area contributed by atoms with Gasteiger partial charge in [-0.05, 0) is 31.5 Å². The zero-order valence-electron chi connectivity index (χ0n) is 11.8. The van der Waals surface area contributed by atoms with Crippen LogP contribution in [0.2, 0.25) is 0 Å². The molecule has 0 radical (unpaired) electrons. The first-order chi connectivity index (χ1) is 9.81. The molecule has 0 saturated heterocycles. The molecule has 0 aliphatic carbocycles. The lowest BCUT2D eigenvalue weighted by Gasteiger charge is -2.29. The van der Waals surface area contributed by atoms with Crippen molar-refractivity contribution in [1.29, 1.82) is 0 Å². The van der Waals surface area contributed by atoms with Gasteiger partial charge in [-0.2, -0.15) is 0 Å². The van der Waals surface area contributed by atoms with Crippen LogP contribution in [0.25, 0.3) is 5.76 Å². The number of hydrogen-bond donors (Lipinski definition) is 0. The third kappa shape index (κ3) is 2.18. The van der Waals surface area contributed by atoms with Crippen LogP contribution in [0.4, 0.5) is 0 Å². The molecule has 0 fully saturated rings. The van der Waals surface area contributed by atoms with Crippen molar-refractivity contribution in [3.63, 3.8) is 0 Å².